The summed E-state index contributed by atoms with van der Waals surface area (Å²) in [6, 6.07) is 4.39. The predicted octanol–water partition coefficient (Wildman–Crippen LogP) is 1.42. The van der Waals surface area contributed by atoms with E-state index in [1.54, 1.807) is 6.07 Å². The van der Waals surface area contributed by atoms with Crippen LogP contribution in [-0.4, -0.2) is 35.5 Å². The molecule has 0 atom stereocenters. The number of carbonyl (C=O) groups is 1. The fourth-order valence-corrected chi connectivity index (χ4v) is 1.90. The molecule has 3 aromatic rings. The van der Waals surface area contributed by atoms with Crippen molar-refractivity contribution in [2.45, 2.75) is 0 Å². The number of carboxylic acid groups (broad SMARTS) is 1. The third-order valence-electron chi connectivity index (χ3n) is 2.86. The van der Waals surface area contributed by atoms with Gasteiger partial charge in [-0.05, 0) is 28.1 Å². The second kappa shape index (κ2) is 4.63. The summed E-state index contributed by atoms with van der Waals surface area (Å²) in [4.78, 5) is 32.7. The van der Waals surface area contributed by atoms with Gasteiger partial charge in [0.25, 0.3) is 0 Å². The molecule has 2 heterocycles. The minimum atomic E-state index is -1.06. The first kappa shape index (κ1) is 12.7. The molecule has 0 bridgehead atoms. The number of fused-ring (bicyclic) bond motifs is 1. The molecule has 21 heavy (non-hydrogen) atoms. The van der Waals surface area contributed by atoms with Crippen LogP contribution < -0.4 is 0 Å². The van der Waals surface area contributed by atoms with Crippen molar-refractivity contribution in [1.82, 2.24) is 19.5 Å². The molecular formula is C12H7N5O4. The van der Waals surface area contributed by atoms with E-state index >= 15 is 0 Å². The molecule has 0 aliphatic heterocycles. The Morgan fingerprint density at radius 2 is 2.10 bits per heavy atom. The standard InChI is InChI=1S/C12H7N5O4/c18-12(19)7-1-2-8-9(3-7)13-5-14-11(8)16-4-10(15-6-16)17(20)21/h1-6H,(H,18,19). The highest BCUT2D eigenvalue weighted by molar-refractivity contribution is 5.94. The van der Waals surface area contributed by atoms with Crippen molar-refractivity contribution in [2.24, 2.45) is 0 Å². The third kappa shape index (κ3) is 2.16. The number of nitrogens with zero attached hydrogens (tertiary/aromatic N) is 5. The predicted molar refractivity (Wildman–Crippen MR) is 70.3 cm³/mol. The molecule has 2 aromatic heterocycles. The molecular weight excluding hydrogens is 278 g/mol. The molecule has 3 rings (SSSR count). The lowest BCUT2D eigenvalue weighted by molar-refractivity contribution is -0.389. The van der Waals surface area contributed by atoms with Gasteiger partial charge in [0.1, 0.15) is 12.5 Å². The highest BCUT2D eigenvalue weighted by Gasteiger charge is 2.14. The minimum Gasteiger partial charge on any atom is -0.478 e. The van der Waals surface area contributed by atoms with Crippen molar-refractivity contribution in [3.63, 3.8) is 0 Å². The summed E-state index contributed by atoms with van der Waals surface area (Å²) >= 11 is 0. The zero-order valence-corrected chi connectivity index (χ0v) is 10.4. The lowest BCUT2D eigenvalue weighted by atomic mass is 10.1. The first-order chi connectivity index (χ1) is 10.1. The second-order valence-corrected chi connectivity index (χ2v) is 4.13. The highest BCUT2D eigenvalue weighted by Crippen LogP contribution is 2.21. The van der Waals surface area contributed by atoms with Crippen LogP contribution in [0, 0.1) is 10.1 Å². The van der Waals surface area contributed by atoms with Crippen molar-refractivity contribution >= 4 is 22.7 Å². The summed E-state index contributed by atoms with van der Waals surface area (Å²) in [6.07, 6.45) is 3.76. The van der Waals surface area contributed by atoms with Gasteiger partial charge in [0, 0.05) is 5.39 Å². The Bertz CT molecular complexity index is 873. The fourth-order valence-electron chi connectivity index (χ4n) is 1.90. The van der Waals surface area contributed by atoms with Crippen molar-refractivity contribution in [3.05, 3.63) is 52.7 Å². The summed E-state index contributed by atoms with van der Waals surface area (Å²) in [5, 5.41) is 20.2. The number of nitro groups is 1. The van der Waals surface area contributed by atoms with E-state index in [1.165, 1.54) is 35.6 Å². The van der Waals surface area contributed by atoms with E-state index < -0.39 is 10.9 Å². The number of aromatic carboxylic acids is 1. The number of aromatic nitrogens is 4. The molecule has 9 heteroatoms. The van der Waals surface area contributed by atoms with E-state index in [-0.39, 0.29) is 11.4 Å². The quantitative estimate of drug-likeness (QED) is 0.570. The molecule has 0 aliphatic carbocycles. The molecule has 0 fully saturated rings. The number of benzene rings is 1. The zero-order chi connectivity index (χ0) is 15.0. The van der Waals surface area contributed by atoms with E-state index in [1.807, 2.05) is 0 Å². The van der Waals surface area contributed by atoms with Crippen LogP contribution in [0.25, 0.3) is 16.7 Å². The summed E-state index contributed by atoms with van der Waals surface area (Å²) in [6.45, 7) is 0. The lowest BCUT2D eigenvalue weighted by Crippen LogP contribution is -2.00. The van der Waals surface area contributed by atoms with Gasteiger partial charge in [-0.1, -0.05) is 0 Å². The Morgan fingerprint density at radius 3 is 2.76 bits per heavy atom. The Balaban J connectivity index is 2.18. The minimum absolute atomic E-state index is 0.101. The summed E-state index contributed by atoms with van der Waals surface area (Å²) in [5.74, 6) is -0.975. The van der Waals surface area contributed by atoms with Gasteiger partial charge in [0.15, 0.2) is 5.82 Å². The molecule has 0 unspecified atom stereocenters. The van der Waals surface area contributed by atoms with Crippen molar-refractivity contribution in [1.29, 1.82) is 0 Å². The van der Waals surface area contributed by atoms with E-state index in [4.69, 9.17) is 5.11 Å². The first-order valence-corrected chi connectivity index (χ1v) is 5.73. The maximum absolute atomic E-state index is 10.9. The lowest BCUT2D eigenvalue weighted by Gasteiger charge is -2.04. The zero-order valence-electron chi connectivity index (χ0n) is 10.4. The number of imidazole rings is 1. The van der Waals surface area contributed by atoms with E-state index in [0.717, 1.165) is 0 Å². The van der Waals surface area contributed by atoms with Crippen LogP contribution in [0.2, 0.25) is 0 Å². The van der Waals surface area contributed by atoms with Crippen LogP contribution in [0.5, 0.6) is 0 Å². The SMILES string of the molecule is O=C(O)c1ccc2c(-n3cnc([N+](=O)[O-])c3)ncnc2c1. The van der Waals surface area contributed by atoms with Crippen LogP contribution in [-0.2, 0) is 0 Å². The molecule has 0 amide bonds. The van der Waals surface area contributed by atoms with Crippen LogP contribution in [0.1, 0.15) is 10.4 Å². The fraction of sp³-hybridized carbons (Fsp3) is 0. The average Bonchev–Trinajstić information content (AvgIpc) is 2.95. The maximum Gasteiger partial charge on any atom is 0.381 e. The molecule has 9 nitrogen and oxygen atoms in total. The molecule has 104 valence electrons. The summed E-state index contributed by atoms with van der Waals surface area (Å²) in [7, 11) is 0. The van der Waals surface area contributed by atoms with Crippen molar-refractivity contribution in [3.8, 4) is 5.82 Å². The van der Waals surface area contributed by atoms with Crippen LogP contribution in [0.3, 0.4) is 0 Å². The summed E-state index contributed by atoms with van der Waals surface area (Å²) < 4.78 is 1.39. The van der Waals surface area contributed by atoms with Gasteiger partial charge in [-0.15, -0.1) is 0 Å². The summed E-state index contributed by atoms with van der Waals surface area (Å²) in [5.41, 5.74) is 0.528. The van der Waals surface area contributed by atoms with Gasteiger partial charge in [0.05, 0.1) is 11.1 Å². The second-order valence-electron chi connectivity index (χ2n) is 4.13. The number of hydrogen-bond donors (Lipinski definition) is 1. The van der Waals surface area contributed by atoms with E-state index in [2.05, 4.69) is 15.0 Å². The molecule has 0 spiro atoms. The van der Waals surface area contributed by atoms with E-state index in [9.17, 15) is 14.9 Å². The Morgan fingerprint density at radius 1 is 1.29 bits per heavy atom. The number of rotatable bonds is 3. The van der Waals surface area contributed by atoms with Crippen LogP contribution in [0.4, 0.5) is 5.82 Å². The van der Waals surface area contributed by atoms with Crippen LogP contribution >= 0.6 is 0 Å². The highest BCUT2D eigenvalue weighted by atomic mass is 16.6. The third-order valence-corrected chi connectivity index (χ3v) is 2.86. The average molecular weight is 285 g/mol. The van der Waals surface area contributed by atoms with Gasteiger partial charge in [-0.3, -0.25) is 4.57 Å². The number of hydrogen-bond acceptors (Lipinski definition) is 6. The first-order valence-electron chi connectivity index (χ1n) is 5.73. The number of carboxylic acids is 1. The monoisotopic (exact) mass is 285 g/mol. The maximum atomic E-state index is 10.9. The van der Waals surface area contributed by atoms with Gasteiger partial charge in [-0.2, -0.15) is 0 Å². The smallest absolute Gasteiger partial charge is 0.381 e. The van der Waals surface area contributed by atoms with Crippen molar-refractivity contribution < 1.29 is 14.8 Å². The van der Waals surface area contributed by atoms with E-state index in [0.29, 0.717) is 16.7 Å². The van der Waals surface area contributed by atoms with Gasteiger partial charge >= 0.3 is 11.8 Å². The molecule has 1 aromatic carbocycles. The normalized spacial score (nSPS) is 10.7. The molecule has 0 saturated heterocycles. The topological polar surface area (TPSA) is 124 Å². The van der Waals surface area contributed by atoms with Gasteiger partial charge < -0.3 is 15.2 Å². The Hall–Kier alpha value is -3.36. The van der Waals surface area contributed by atoms with Crippen LogP contribution in [0.15, 0.2) is 37.1 Å². The molecule has 0 radical (unpaired) electrons. The Labute approximate surface area is 116 Å². The molecule has 0 saturated carbocycles. The van der Waals surface area contributed by atoms with Crippen molar-refractivity contribution in [2.75, 3.05) is 0 Å². The largest absolute Gasteiger partial charge is 0.478 e. The molecule has 1 N–H and O–H groups in total. The van der Waals surface area contributed by atoms with Gasteiger partial charge in [0.2, 0.25) is 6.33 Å². The molecule has 0 aliphatic rings. The Kier molecular flexibility index (Phi) is 2.79. The van der Waals surface area contributed by atoms with Gasteiger partial charge in [-0.25, -0.2) is 14.8 Å².